The lowest BCUT2D eigenvalue weighted by Gasteiger charge is -2.19. The predicted octanol–water partition coefficient (Wildman–Crippen LogP) is 5.56. The van der Waals surface area contributed by atoms with Gasteiger partial charge in [0, 0.05) is 17.8 Å². The van der Waals surface area contributed by atoms with Crippen LogP contribution in [-0.4, -0.2) is 31.0 Å². The van der Waals surface area contributed by atoms with Crippen molar-refractivity contribution in [1.29, 1.82) is 5.26 Å². The van der Waals surface area contributed by atoms with E-state index in [9.17, 15) is 14.4 Å². The molecule has 2 aromatic heterocycles. The molecule has 1 aromatic carbocycles. The third-order valence-electron chi connectivity index (χ3n) is 6.84. The normalized spacial score (nSPS) is 16.1. The van der Waals surface area contributed by atoms with Crippen molar-refractivity contribution in [2.75, 3.05) is 11.1 Å². The maximum Gasteiger partial charge on any atom is 0.235 e. The minimum atomic E-state index is -0.339. The highest BCUT2D eigenvalue weighted by molar-refractivity contribution is 7.99. The van der Waals surface area contributed by atoms with Crippen molar-refractivity contribution < 1.29 is 9.18 Å². The van der Waals surface area contributed by atoms with Crippen LogP contribution in [0.15, 0.2) is 29.4 Å². The molecule has 2 aliphatic rings. The molecule has 34 heavy (non-hydrogen) atoms. The van der Waals surface area contributed by atoms with Gasteiger partial charge in [0.25, 0.3) is 0 Å². The molecule has 0 radical (unpaired) electrons. The Morgan fingerprint density at radius 3 is 2.53 bits per heavy atom. The van der Waals surface area contributed by atoms with Crippen molar-refractivity contribution in [2.45, 2.75) is 69.6 Å². The number of benzene rings is 1. The van der Waals surface area contributed by atoms with Gasteiger partial charge in [0.2, 0.25) is 5.91 Å². The summed E-state index contributed by atoms with van der Waals surface area (Å²) in [7, 11) is 0. The summed E-state index contributed by atoms with van der Waals surface area (Å²) >= 11 is 1.29. The molecule has 2 fully saturated rings. The molecule has 0 atom stereocenters. The SMILES string of the molecule is Cc1c(C#N)c(NC(=O)CSc2nnc(-c3ccccc3F)n2C2CC2)n(C2CCCC2)c1C. The first-order chi connectivity index (χ1) is 16.5. The molecule has 3 aromatic rings. The summed E-state index contributed by atoms with van der Waals surface area (Å²) in [6.45, 7) is 3.95. The summed E-state index contributed by atoms with van der Waals surface area (Å²) in [6.07, 6.45) is 6.40. The standard InChI is InChI=1S/C25H27FN6OS/c1-15-16(2)31(17-7-3-4-8-17)23(20(15)13-27)28-22(33)14-34-25-30-29-24(32(25)18-11-12-18)19-9-5-6-10-21(19)26/h5-6,9-10,17-18H,3-4,7-8,11-12,14H2,1-2H3,(H,28,33). The Morgan fingerprint density at radius 2 is 1.85 bits per heavy atom. The number of thioether (sulfide) groups is 1. The van der Waals surface area contributed by atoms with Gasteiger partial charge < -0.3 is 9.88 Å². The Balaban J connectivity index is 1.36. The summed E-state index contributed by atoms with van der Waals surface area (Å²) in [5, 5.41) is 21.9. The summed E-state index contributed by atoms with van der Waals surface area (Å²) in [6, 6.07) is 9.36. The van der Waals surface area contributed by atoms with Crippen molar-refractivity contribution in [3.05, 3.63) is 46.9 Å². The molecule has 7 nitrogen and oxygen atoms in total. The number of anilines is 1. The average molecular weight is 479 g/mol. The molecule has 0 saturated heterocycles. The molecule has 0 bridgehead atoms. The number of aromatic nitrogens is 4. The molecule has 1 amide bonds. The summed E-state index contributed by atoms with van der Waals surface area (Å²) in [4.78, 5) is 13.0. The number of amides is 1. The minimum Gasteiger partial charge on any atom is -0.327 e. The molecule has 2 aliphatic carbocycles. The third kappa shape index (κ3) is 4.11. The Morgan fingerprint density at radius 1 is 1.15 bits per heavy atom. The van der Waals surface area contributed by atoms with Crippen LogP contribution in [0.1, 0.15) is 67.4 Å². The van der Waals surface area contributed by atoms with Gasteiger partial charge in [-0.05, 0) is 57.2 Å². The zero-order valence-electron chi connectivity index (χ0n) is 19.3. The van der Waals surface area contributed by atoms with Crippen molar-refractivity contribution in [1.82, 2.24) is 19.3 Å². The van der Waals surface area contributed by atoms with Crippen LogP contribution in [0.5, 0.6) is 0 Å². The maximum absolute atomic E-state index is 14.4. The van der Waals surface area contributed by atoms with Crippen molar-refractivity contribution >= 4 is 23.5 Å². The number of nitriles is 1. The Hall–Kier alpha value is -3.12. The summed E-state index contributed by atoms with van der Waals surface area (Å²) < 4.78 is 18.5. The van der Waals surface area contributed by atoms with Crippen LogP contribution in [0.4, 0.5) is 10.2 Å². The van der Waals surface area contributed by atoms with E-state index in [1.165, 1.54) is 17.8 Å². The van der Waals surface area contributed by atoms with E-state index in [0.29, 0.717) is 34.0 Å². The number of hydrogen-bond donors (Lipinski definition) is 1. The second-order valence-electron chi connectivity index (χ2n) is 9.08. The quantitative estimate of drug-likeness (QED) is 0.450. The van der Waals surface area contributed by atoms with Gasteiger partial charge in [0.15, 0.2) is 11.0 Å². The van der Waals surface area contributed by atoms with Gasteiger partial charge in [-0.2, -0.15) is 5.26 Å². The number of rotatable bonds is 7. The molecular formula is C25H27FN6OS. The van der Waals surface area contributed by atoms with Crippen molar-refractivity contribution in [3.63, 3.8) is 0 Å². The molecule has 9 heteroatoms. The van der Waals surface area contributed by atoms with Crippen LogP contribution >= 0.6 is 11.8 Å². The lowest BCUT2D eigenvalue weighted by atomic mass is 10.2. The van der Waals surface area contributed by atoms with E-state index in [0.717, 1.165) is 49.8 Å². The van der Waals surface area contributed by atoms with Gasteiger partial charge in [0.05, 0.1) is 16.9 Å². The fourth-order valence-corrected chi connectivity index (χ4v) is 5.67. The van der Waals surface area contributed by atoms with Gasteiger partial charge in [-0.3, -0.25) is 9.36 Å². The molecule has 0 aliphatic heterocycles. The van der Waals surface area contributed by atoms with E-state index in [-0.39, 0.29) is 23.5 Å². The summed E-state index contributed by atoms with van der Waals surface area (Å²) in [5.74, 6) is 0.688. The van der Waals surface area contributed by atoms with Crippen molar-refractivity contribution in [2.24, 2.45) is 0 Å². The highest BCUT2D eigenvalue weighted by Crippen LogP contribution is 2.42. The van der Waals surface area contributed by atoms with E-state index in [4.69, 9.17) is 0 Å². The Labute approximate surface area is 202 Å². The van der Waals surface area contributed by atoms with E-state index < -0.39 is 0 Å². The first-order valence-corrected chi connectivity index (χ1v) is 12.7. The number of halogens is 1. The number of hydrogen-bond acceptors (Lipinski definition) is 5. The lowest BCUT2D eigenvalue weighted by Crippen LogP contribution is -2.20. The highest BCUT2D eigenvalue weighted by Gasteiger charge is 2.31. The van der Waals surface area contributed by atoms with E-state index >= 15 is 0 Å². The molecule has 0 unspecified atom stereocenters. The maximum atomic E-state index is 14.4. The van der Waals surface area contributed by atoms with Crippen LogP contribution in [0.2, 0.25) is 0 Å². The molecule has 0 spiro atoms. The van der Waals surface area contributed by atoms with E-state index in [1.807, 2.05) is 18.4 Å². The second-order valence-corrected chi connectivity index (χ2v) is 10.0. The topological polar surface area (TPSA) is 88.5 Å². The monoisotopic (exact) mass is 478 g/mol. The average Bonchev–Trinajstić information content (AvgIpc) is 3.25. The number of nitrogens with zero attached hydrogens (tertiary/aromatic N) is 5. The first-order valence-electron chi connectivity index (χ1n) is 11.7. The van der Waals surface area contributed by atoms with E-state index in [1.54, 1.807) is 18.2 Å². The number of carbonyl (C=O) groups excluding carboxylic acids is 1. The third-order valence-corrected chi connectivity index (χ3v) is 7.78. The van der Waals surface area contributed by atoms with Gasteiger partial charge in [-0.1, -0.05) is 36.7 Å². The van der Waals surface area contributed by atoms with Gasteiger partial charge in [-0.25, -0.2) is 4.39 Å². The summed E-state index contributed by atoms with van der Waals surface area (Å²) in [5.41, 5.74) is 2.90. The van der Waals surface area contributed by atoms with Crippen molar-refractivity contribution in [3.8, 4) is 17.5 Å². The number of nitrogens with one attached hydrogen (secondary N) is 1. The molecule has 5 rings (SSSR count). The van der Waals surface area contributed by atoms with E-state index in [2.05, 4.69) is 26.2 Å². The fraction of sp³-hybridized carbons (Fsp3) is 0.440. The lowest BCUT2D eigenvalue weighted by molar-refractivity contribution is -0.113. The van der Waals surface area contributed by atoms with Gasteiger partial charge >= 0.3 is 0 Å². The predicted molar refractivity (Wildman–Crippen MR) is 129 cm³/mol. The molecular weight excluding hydrogens is 451 g/mol. The molecule has 2 heterocycles. The minimum absolute atomic E-state index is 0.126. The number of carbonyl (C=O) groups is 1. The zero-order chi connectivity index (χ0) is 23.8. The molecule has 176 valence electrons. The zero-order valence-corrected chi connectivity index (χ0v) is 20.2. The smallest absolute Gasteiger partial charge is 0.235 e. The highest BCUT2D eigenvalue weighted by atomic mass is 32.2. The second kappa shape index (κ2) is 9.26. The first kappa shape index (κ1) is 22.7. The van der Waals surface area contributed by atoms with Crippen LogP contribution < -0.4 is 5.32 Å². The van der Waals surface area contributed by atoms with Gasteiger partial charge in [0.1, 0.15) is 17.7 Å². The fourth-order valence-electron chi connectivity index (χ4n) is 4.87. The Kier molecular flexibility index (Phi) is 6.17. The van der Waals surface area contributed by atoms with Crippen LogP contribution in [0, 0.1) is 31.0 Å². The molecule has 2 saturated carbocycles. The molecule has 1 N–H and O–H groups in total. The van der Waals surface area contributed by atoms with Crippen LogP contribution in [-0.2, 0) is 4.79 Å². The van der Waals surface area contributed by atoms with Gasteiger partial charge in [-0.15, -0.1) is 10.2 Å². The van der Waals surface area contributed by atoms with Crippen LogP contribution in [0.25, 0.3) is 11.4 Å². The van der Waals surface area contributed by atoms with Crippen LogP contribution in [0.3, 0.4) is 0 Å². The Bertz CT molecular complexity index is 1280. The largest absolute Gasteiger partial charge is 0.327 e.